The zero-order valence-corrected chi connectivity index (χ0v) is 12.1. The SMILES string of the molecule is CC(O)CO.CCC(=O)[O-].CCC(=O)[O-].[Ca+2]. The molecule has 0 aliphatic heterocycles. The zero-order chi connectivity index (χ0) is 12.9. The van der Waals surface area contributed by atoms with Gasteiger partial charge in [0.1, 0.15) is 0 Å². The molecule has 0 bridgehead atoms. The molecule has 1 unspecified atom stereocenters. The zero-order valence-electron chi connectivity index (χ0n) is 9.93. The standard InChI is InChI=1S/C3H8O2.2C3H6O2.Ca/c1-3(5)2-4;2*1-2-3(4)5;/h3-5H,2H2,1H3;2*2H2,1H3,(H,4,5);/q;;;+2/p-2. The summed E-state index contributed by atoms with van der Waals surface area (Å²) in [6, 6.07) is 0. The largest absolute Gasteiger partial charge is 2.00 e. The van der Waals surface area contributed by atoms with Gasteiger partial charge in [-0.05, 0) is 19.8 Å². The molecule has 0 saturated heterocycles. The van der Waals surface area contributed by atoms with Crippen LogP contribution in [0, 0.1) is 0 Å². The van der Waals surface area contributed by atoms with E-state index < -0.39 is 18.0 Å². The van der Waals surface area contributed by atoms with Gasteiger partial charge in [0.25, 0.3) is 0 Å². The number of hydrogen-bond acceptors (Lipinski definition) is 6. The molecule has 0 fully saturated rings. The van der Waals surface area contributed by atoms with Crippen LogP contribution in [-0.4, -0.2) is 72.6 Å². The van der Waals surface area contributed by atoms with Crippen LogP contribution in [0.15, 0.2) is 0 Å². The van der Waals surface area contributed by atoms with E-state index in [-0.39, 0.29) is 57.2 Å². The molecule has 92 valence electrons. The normalized spacial score (nSPS) is 9.31. The second-order valence-corrected chi connectivity index (χ2v) is 2.48. The van der Waals surface area contributed by atoms with Crippen molar-refractivity contribution in [1.82, 2.24) is 0 Å². The smallest absolute Gasteiger partial charge is 0.550 e. The van der Waals surface area contributed by atoms with Crippen LogP contribution in [0.1, 0.15) is 33.6 Å². The van der Waals surface area contributed by atoms with Gasteiger partial charge in [0, 0.05) is 11.9 Å². The number of carboxylic acids is 2. The molecule has 6 nitrogen and oxygen atoms in total. The number of rotatable bonds is 3. The third kappa shape index (κ3) is 64.9. The molecule has 0 aliphatic carbocycles. The maximum Gasteiger partial charge on any atom is 2.00 e. The van der Waals surface area contributed by atoms with Crippen molar-refractivity contribution in [3.05, 3.63) is 0 Å². The number of carbonyl (C=O) groups is 2. The second kappa shape index (κ2) is 20.5. The molecule has 1 atom stereocenters. The van der Waals surface area contributed by atoms with Crippen LogP contribution in [0.25, 0.3) is 0 Å². The molecule has 7 heteroatoms. The third-order valence-corrected chi connectivity index (χ3v) is 0.842. The summed E-state index contributed by atoms with van der Waals surface area (Å²) in [6.45, 7) is 4.46. The Morgan fingerprint density at radius 2 is 1.25 bits per heavy atom. The first-order chi connectivity index (χ1) is 6.81. The molecule has 16 heavy (non-hydrogen) atoms. The summed E-state index contributed by atoms with van der Waals surface area (Å²) in [7, 11) is 0. The van der Waals surface area contributed by atoms with E-state index in [1.165, 1.54) is 20.8 Å². The van der Waals surface area contributed by atoms with E-state index in [0.29, 0.717) is 0 Å². The van der Waals surface area contributed by atoms with Crippen molar-refractivity contribution < 1.29 is 30.0 Å². The van der Waals surface area contributed by atoms with E-state index in [1.54, 1.807) is 0 Å². The van der Waals surface area contributed by atoms with Crippen LogP contribution >= 0.6 is 0 Å². The van der Waals surface area contributed by atoms with Gasteiger partial charge >= 0.3 is 37.7 Å². The second-order valence-electron chi connectivity index (χ2n) is 2.48. The average Bonchev–Trinajstić information content (AvgIpc) is 2.19. The van der Waals surface area contributed by atoms with Crippen LogP contribution in [-0.2, 0) is 9.59 Å². The van der Waals surface area contributed by atoms with Gasteiger partial charge in [-0.3, -0.25) is 0 Å². The summed E-state index contributed by atoms with van der Waals surface area (Å²) in [5, 5.41) is 34.5. The minimum Gasteiger partial charge on any atom is -0.550 e. The van der Waals surface area contributed by atoms with E-state index in [2.05, 4.69) is 0 Å². The monoisotopic (exact) mass is 262 g/mol. The van der Waals surface area contributed by atoms with Gasteiger partial charge in [-0.1, -0.05) is 13.8 Å². The van der Waals surface area contributed by atoms with Gasteiger partial charge < -0.3 is 30.0 Å². The first-order valence-electron chi connectivity index (χ1n) is 4.50. The minimum atomic E-state index is -0.995. The van der Waals surface area contributed by atoms with Crippen LogP contribution in [0.3, 0.4) is 0 Å². The molecule has 0 aliphatic rings. The molecule has 0 aromatic heterocycles. The molecule has 0 amide bonds. The number of hydrogen-bond donors (Lipinski definition) is 2. The first kappa shape index (κ1) is 25.1. The molecule has 0 heterocycles. The Labute approximate surface area is 125 Å². The summed E-state index contributed by atoms with van der Waals surface area (Å²) in [4.78, 5) is 18.5. The van der Waals surface area contributed by atoms with Crippen LogP contribution < -0.4 is 10.2 Å². The van der Waals surface area contributed by atoms with E-state index in [1.807, 2.05) is 0 Å². The molecular formula is C9H18CaO6. The summed E-state index contributed by atoms with van der Waals surface area (Å²) in [5.74, 6) is -1.99. The Balaban J connectivity index is -0.0000000655. The summed E-state index contributed by atoms with van der Waals surface area (Å²) in [5.41, 5.74) is 0. The topological polar surface area (TPSA) is 121 Å². The molecule has 0 saturated carbocycles. The van der Waals surface area contributed by atoms with Crippen LogP contribution in [0.5, 0.6) is 0 Å². The maximum atomic E-state index is 9.26. The number of aliphatic hydroxyl groups excluding tert-OH is 2. The molecule has 0 aromatic rings. The predicted molar refractivity (Wildman–Crippen MR) is 55.1 cm³/mol. The Hall–Kier alpha value is 0.120. The Morgan fingerprint density at radius 3 is 1.25 bits per heavy atom. The van der Waals surface area contributed by atoms with E-state index in [9.17, 15) is 19.8 Å². The van der Waals surface area contributed by atoms with Crippen molar-refractivity contribution in [2.75, 3.05) is 6.61 Å². The fraction of sp³-hybridized carbons (Fsp3) is 0.778. The minimum absolute atomic E-state index is 0. The van der Waals surface area contributed by atoms with Gasteiger partial charge in [-0.2, -0.15) is 0 Å². The van der Waals surface area contributed by atoms with Gasteiger partial charge in [0.2, 0.25) is 0 Å². The van der Waals surface area contributed by atoms with Gasteiger partial charge in [-0.15, -0.1) is 0 Å². The fourth-order valence-electron chi connectivity index (χ4n) is 0. The van der Waals surface area contributed by atoms with Gasteiger partial charge in [0.15, 0.2) is 0 Å². The number of aliphatic hydroxyl groups is 2. The van der Waals surface area contributed by atoms with E-state index in [0.717, 1.165) is 0 Å². The molecular weight excluding hydrogens is 244 g/mol. The fourth-order valence-corrected chi connectivity index (χ4v) is 0. The quantitative estimate of drug-likeness (QED) is 0.533. The van der Waals surface area contributed by atoms with E-state index in [4.69, 9.17) is 10.2 Å². The number of carboxylic acid groups (broad SMARTS) is 2. The Morgan fingerprint density at radius 1 is 1.12 bits per heavy atom. The summed E-state index contributed by atoms with van der Waals surface area (Å²) >= 11 is 0. The average molecular weight is 262 g/mol. The number of aliphatic carboxylic acids is 2. The number of carbonyl (C=O) groups excluding carboxylic acids is 2. The molecule has 2 N–H and O–H groups in total. The molecule has 0 aromatic carbocycles. The Bertz CT molecular complexity index is 146. The third-order valence-electron chi connectivity index (χ3n) is 0.842. The van der Waals surface area contributed by atoms with Crippen molar-refractivity contribution in [3.8, 4) is 0 Å². The summed E-state index contributed by atoms with van der Waals surface area (Å²) < 4.78 is 0. The summed E-state index contributed by atoms with van der Waals surface area (Å²) in [6.07, 6.45) is -0.338. The van der Waals surface area contributed by atoms with Crippen molar-refractivity contribution in [2.24, 2.45) is 0 Å². The van der Waals surface area contributed by atoms with Gasteiger partial charge in [-0.25, -0.2) is 0 Å². The molecule has 0 radical (unpaired) electrons. The maximum absolute atomic E-state index is 9.26. The molecule has 0 spiro atoms. The predicted octanol–water partition coefficient (Wildman–Crippen LogP) is -2.73. The van der Waals surface area contributed by atoms with Gasteiger partial charge in [0.05, 0.1) is 12.7 Å². The van der Waals surface area contributed by atoms with Crippen LogP contribution in [0.2, 0.25) is 0 Å². The first-order valence-corrected chi connectivity index (χ1v) is 4.50. The van der Waals surface area contributed by atoms with E-state index >= 15 is 0 Å². The Kier molecular flexibility index (Phi) is 32.2. The van der Waals surface area contributed by atoms with Crippen molar-refractivity contribution in [3.63, 3.8) is 0 Å². The van der Waals surface area contributed by atoms with Crippen LogP contribution in [0.4, 0.5) is 0 Å². The van der Waals surface area contributed by atoms with Crippen molar-refractivity contribution in [1.29, 1.82) is 0 Å². The van der Waals surface area contributed by atoms with Crippen molar-refractivity contribution >= 4 is 49.7 Å². The van der Waals surface area contributed by atoms with Crippen molar-refractivity contribution in [2.45, 2.75) is 39.7 Å². The molecule has 0 rings (SSSR count).